The van der Waals surface area contributed by atoms with Gasteiger partial charge in [0, 0.05) is 17.7 Å². The number of hydrogen-bond acceptors (Lipinski definition) is 5. The summed E-state index contributed by atoms with van der Waals surface area (Å²) >= 11 is 0. The van der Waals surface area contributed by atoms with Crippen LogP contribution in [-0.2, 0) is 11.3 Å². The van der Waals surface area contributed by atoms with E-state index >= 15 is 0 Å². The average molecular weight is 341 g/mol. The Bertz CT molecular complexity index is 935. The summed E-state index contributed by atoms with van der Waals surface area (Å²) < 4.78 is 17.5. The summed E-state index contributed by atoms with van der Waals surface area (Å²) in [6.07, 6.45) is 0. The van der Waals surface area contributed by atoms with Crippen LogP contribution in [0.4, 0.5) is 0 Å². The number of fused-ring (bicyclic) bond motifs is 1. The van der Waals surface area contributed by atoms with Gasteiger partial charge in [0.15, 0.2) is 11.4 Å². The number of Topliss-reactive ketones (excluding diaryl/α,β-unsaturated/α-hetero) is 1. The second-order valence-electron chi connectivity index (χ2n) is 5.60. The molecule has 0 amide bonds. The Morgan fingerprint density at radius 3 is 2.72 bits per heavy atom. The van der Waals surface area contributed by atoms with Gasteiger partial charge in [-0.25, -0.2) is 4.79 Å². The summed E-state index contributed by atoms with van der Waals surface area (Å²) in [5.74, 6) is 0.696. The second-order valence-corrected chi connectivity index (χ2v) is 5.60. The first-order valence-electron chi connectivity index (χ1n) is 7.97. The summed E-state index contributed by atoms with van der Waals surface area (Å²) in [6.45, 7) is 3.82. The maximum absolute atomic E-state index is 12.7. The molecule has 130 valence electrons. The first-order valence-corrected chi connectivity index (χ1v) is 7.97. The third kappa shape index (κ3) is 3.28. The van der Waals surface area contributed by atoms with E-state index in [1.807, 2.05) is 6.92 Å². The lowest BCUT2D eigenvalue weighted by atomic mass is 10.1. The molecule has 0 bridgehead atoms. The van der Waals surface area contributed by atoms with Crippen molar-refractivity contribution in [1.29, 1.82) is 0 Å². The van der Waals surface area contributed by atoms with Gasteiger partial charge in [0.1, 0.15) is 17.2 Å². The number of ether oxygens (including phenoxy) is 2. The van der Waals surface area contributed by atoms with E-state index in [-0.39, 0.29) is 18.9 Å². The van der Waals surface area contributed by atoms with E-state index in [0.717, 1.165) is 0 Å². The number of methoxy groups -OCH3 is 1. The number of rotatable bonds is 6. The van der Waals surface area contributed by atoms with Crippen molar-refractivity contribution in [3.8, 4) is 5.75 Å². The molecule has 0 fully saturated rings. The van der Waals surface area contributed by atoms with Crippen molar-refractivity contribution in [2.75, 3.05) is 13.7 Å². The lowest BCUT2D eigenvalue weighted by molar-refractivity contribution is 0.0514. The van der Waals surface area contributed by atoms with Crippen LogP contribution < -0.4 is 4.74 Å². The quantitative estimate of drug-likeness (QED) is 0.506. The number of furan rings is 1. The van der Waals surface area contributed by atoms with E-state index in [1.54, 1.807) is 55.0 Å². The molecular weight excluding hydrogens is 322 g/mol. The van der Waals surface area contributed by atoms with Crippen molar-refractivity contribution >= 4 is 22.9 Å². The van der Waals surface area contributed by atoms with Crippen LogP contribution in [0.1, 0.15) is 33.5 Å². The zero-order chi connectivity index (χ0) is 18.0. The van der Waals surface area contributed by atoms with Gasteiger partial charge in [0.2, 0.25) is 0 Å². The third-order valence-electron chi connectivity index (χ3n) is 3.89. The number of carbonyl (C=O) groups is 2. The number of aryl methyl sites for hydroxylation is 1. The van der Waals surface area contributed by atoms with E-state index in [2.05, 4.69) is 0 Å². The van der Waals surface area contributed by atoms with Crippen LogP contribution in [0.5, 0.6) is 5.75 Å². The highest BCUT2D eigenvalue weighted by Crippen LogP contribution is 2.25. The highest BCUT2D eigenvalue weighted by atomic mass is 16.5. The molecule has 0 saturated heterocycles. The highest BCUT2D eigenvalue weighted by molar-refractivity contribution is 5.99. The average Bonchev–Trinajstić information content (AvgIpc) is 3.12. The predicted molar refractivity (Wildman–Crippen MR) is 92.2 cm³/mol. The molecule has 0 radical (unpaired) electrons. The molecule has 3 rings (SSSR count). The van der Waals surface area contributed by atoms with Gasteiger partial charge in [-0.15, -0.1) is 0 Å². The molecule has 0 saturated carbocycles. The van der Waals surface area contributed by atoms with Gasteiger partial charge in [0.05, 0.1) is 25.8 Å². The van der Waals surface area contributed by atoms with E-state index in [1.165, 1.54) is 0 Å². The zero-order valence-corrected chi connectivity index (χ0v) is 14.4. The molecule has 0 atom stereocenters. The first kappa shape index (κ1) is 16.8. The topological polar surface area (TPSA) is 70.7 Å². The Balaban J connectivity index is 1.99. The first-order chi connectivity index (χ1) is 12.0. The van der Waals surface area contributed by atoms with Crippen molar-refractivity contribution in [3.63, 3.8) is 0 Å². The number of ketones is 1. The maximum Gasteiger partial charge on any atom is 0.355 e. The molecule has 2 aromatic heterocycles. The van der Waals surface area contributed by atoms with Gasteiger partial charge in [-0.1, -0.05) is 12.1 Å². The van der Waals surface area contributed by atoms with Gasteiger partial charge in [0.25, 0.3) is 0 Å². The van der Waals surface area contributed by atoms with Crippen molar-refractivity contribution in [3.05, 3.63) is 53.4 Å². The van der Waals surface area contributed by atoms with Gasteiger partial charge in [-0.05, 0) is 26.0 Å². The second kappa shape index (κ2) is 6.84. The number of benzene rings is 1. The molecule has 0 aliphatic rings. The minimum Gasteiger partial charge on any atom is -0.497 e. The number of hydrogen-bond donors (Lipinski definition) is 0. The fourth-order valence-corrected chi connectivity index (χ4v) is 2.74. The third-order valence-corrected chi connectivity index (χ3v) is 3.89. The summed E-state index contributed by atoms with van der Waals surface area (Å²) in [4.78, 5) is 24.9. The van der Waals surface area contributed by atoms with Crippen molar-refractivity contribution in [2.24, 2.45) is 0 Å². The Labute approximate surface area is 144 Å². The Hall–Kier alpha value is -3.02. The monoisotopic (exact) mass is 341 g/mol. The lowest BCUT2D eigenvalue weighted by Crippen LogP contribution is -2.17. The summed E-state index contributed by atoms with van der Waals surface area (Å²) in [5, 5.41) is 0. The summed E-state index contributed by atoms with van der Waals surface area (Å²) in [7, 11) is 1.55. The van der Waals surface area contributed by atoms with Crippen LogP contribution in [0, 0.1) is 6.92 Å². The van der Waals surface area contributed by atoms with E-state index in [4.69, 9.17) is 13.9 Å². The van der Waals surface area contributed by atoms with Gasteiger partial charge < -0.3 is 18.5 Å². The zero-order valence-electron chi connectivity index (χ0n) is 14.4. The Morgan fingerprint density at radius 2 is 2.00 bits per heavy atom. The normalized spacial score (nSPS) is 10.8. The molecule has 2 heterocycles. The molecule has 3 aromatic rings. The number of aromatic nitrogens is 1. The van der Waals surface area contributed by atoms with Crippen molar-refractivity contribution in [1.82, 2.24) is 4.57 Å². The van der Waals surface area contributed by atoms with Gasteiger partial charge in [-0.2, -0.15) is 0 Å². The maximum atomic E-state index is 12.7. The highest BCUT2D eigenvalue weighted by Gasteiger charge is 2.21. The molecule has 6 heteroatoms. The molecule has 0 spiro atoms. The molecule has 25 heavy (non-hydrogen) atoms. The molecule has 1 aromatic carbocycles. The summed E-state index contributed by atoms with van der Waals surface area (Å²) in [5.41, 5.74) is 2.05. The van der Waals surface area contributed by atoms with Gasteiger partial charge in [-0.3, -0.25) is 4.79 Å². The minimum absolute atomic E-state index is 0.00376. The molecule has 6 nitrogen and oxygen atoms in total. The Kier molecular flexibility index (Phi) is 4.61. The van der Waals surface area contributed by atoms with Crippen LogP contribution in [0.15, 0.2) is 40.8 Å². The summed E-state index contributed by atoms with van der Waals surface area (Å²) in [6, 6.07) is 10.3. The molecular formula is C19H19NO5. The van der Waals surface area contributed by atoms with Crippen LogP contribution in [-0.4, -0.2) is 30.0 Å². The lowest BCUT2D eigenvalue weighted by Gasteiger charge is -2.09. The molecule has 0 unspecified atom stereocenters. The predicted octanol–water partition coefficient (Wildman–Crippen LogP) is 3.61. The largest absolute Gasteiger partial charge is 0.497 e. The fourth-order valence-electron chi connectivity index (χ4n) is 2.74. The van der Waals surface area contributed by atoms with Crippen LogP contribution in [0.3, 0.4) is 0 Å². The molecule has 0 aliphatic heterocycles. The number of carbonyl (C=O) groups excluding carboxylic acids is 2. The van der Waals surface area contributed by atoms with E-state index in [0.29, 0.717) is 33.9 Å². The van der Waals surface area contributed by atoms with Gasteiger partial charge >= 0.3 is 5.97 Å². The number of esters is 1. The smallest absolute Gasteiger partial charge is 0.355 e. The van der Waals surface area contributed by atoms with Crippen molar-refractivity contribution in [2.45, 2.75) is 20.4 Å². The number of nitrogens with zero attached hydrogens (tertiary/aromatic N) is 1. The van der Waals surface area contributed by atoms with E-state index in [9.17, 15) is 9.59 Å². The molecule has 0 N–H and O–H groups in total. The standard InChI is InChI=1S/C19H19NO5/c1-4-24-19(22)16-10-18-15(8-12(2)25-18)20(16)11-17(21)13-6-5-7-14(9-13)23-3/h5-10H,4,11H2,1-3H3. The van der Waals surface area contributed by atoms with E-state index < -0.39 is 5.97 Å². The Morgan fingerprint density at radius 1 is 1.20 bits per heavy atom. The van der Waals surface area contributed by atoms with Crippen LogP contribution in [0.25, 0.3) is 11.1 Å². The van der Waals surface area contributed by atoms with Crippen LogP contribution >= 0.6 is 0 Å². The van der Waals surface area contributed by atoms with Crippen LogP contribution in [0.2, 0.25) is 0 Å². The SMILES string of the molecule is CCOC(=O)c1cc2oc(C)cc2n1CC(=O)c1cccc(OC)c1. The fraction of sp³-hybridized carbons (Fsp3) is 0.263. The molecule has 0 aliphatic carbocycles. The minimum atomic E-state index is -0.481. The van der Waals surface area contributed by atoms with Crippen molar-refractivity contribution < 1.29 is 23.5 Å².